The molecule has 0 aliphatic heterocycles. The number of hydrogen-bond donors (Lipinski definition) is 2. The minimum Gasteiger partial charge on any atom is -0.351 e. The van der Waals surface area contributed by atoms with Crippen LogP contribution in [-0.4, -0.2) is 33.1 Å². The Morgan fingerprint density at radius 2 is 2.16 bits per heavy atom. The molecular formula is C17H17N5O2S. The van der Waals surface area contributed by atoms with Crippen LogP contribution >= 0.6 is 11.3 Å². The van der Waals surface area contributed by atoms with Crippen LogP contribution in [0.3, 0.4) is 0 Å². The lowest BCUT2D eigenvalue weighted by atomic mass is 10.2. The summed E-state index contributed by atoms with van der Waals surface area (Å²) in [4.78, 5) is 27.7. The normalized spacial score (nSPS) is 10.4. The van der Waals surface area contributed by atoms with Crippen molar-refractivity contribution in [2.75, 3.05) is 11.9 Å². The molecule has 0 aliphatic carbocycles. The molecule has 0 radical (unpaired) electrons. The molecular weight excluding hydrogens is 338 g/mol. The van der Waals surface area contributed by atoms with E-state index in [4.69, 9.17) is 0 Å². The van der Waals surface area contributed by atoms with Gasteiger partial charge in [0.1, 0.15) is 12.7 Å². The van der Waals surface area contributed by atoms with Crippen LogP contribution in [0.5, 0.6) is 0 Å². The average molecular weight is 355 g/mol. The Labute approximate surface area is 148 Å². The number of amides is 2. The third-order valence-corrected chi connectivity index (χ3v) is 4.13. The van der Waals surface area contributed by atoms with Crippen molar-refractivity contribution in [3.05, 3.63) is 64.9 Å². The summed E-state index contributed by atoms with van der Waals surface area (Å²) in [6, 6.07) is 9.30. The van der Waals surface area contributed by atoms with E-state index in [1.54, 1.807) is 22.5 Å². The van der Waals surface area contributed by atoms with E-state index >= 15 is 0 Å². The predicted octanol–water partition coefficient (Wildman–Crippen LogP) is 2.15. The van der Waals surface area contributed by atoms with E-state index in [1.807, 2.05) is 29.6 Å². The molecule has 0 fully saturated rings. The molecule has 0 bridgehead atoms. The van der Waals surface area contributed by atoms with Gasteiger partial charge in [-0.3, -0.25) is 9.59 Å². The lowest BCUT2D eigenvalue weighted by Crippen LogP contribution is -2.27. The maximum atomic E-state index is 12.0. The summed E-state index contributed by atoms with van der Waals surface area (Å²) in [5.41, 5.74) is 2.34. The van der Waals surface area contributed by atoms with Crippen LogP contribution in [0.2, 0.25) is 0 Å². The predicted molar refractivity (Wildman–Crippen MR) is 95.5 cm³/mol. The summed E-state index contributed by atoms with van der Waals surface area (Å²) in [6.07, 6.45) is 3.33. The smallest absolute Gasteiger partial charge is 0.252 e. The summed E-state index contributed by atoms with van der Waals surface area (Å²) in [6.45, 7) is 0.875. The number of carbonyl (C=O) groups excluding carboxylic acids is 2. The molecule has 0 unspecified atom stereocenters. The fourth-order valence-electron chi connectivity index (χ4n) is 2.26. The van der Waals surface area contributed by atoms with Crippen LogP contribution in [-0.2, 0) is 11.3 Å². The number of carbonyl (C=O) groups is 2. The molecule has 2 aromatic heterocycles. The molecule has 0 saturated heterocycles. The summed E-state index contributed by atoms with van der Waals surface area (Å²) in [5, 5.41) is 13.2. The van der Waals surface area contributed by atoms with E-state index in [9.17, 15) is 9.59 Å². The molecule has 0 atom stereocenters. The van der Waals surface area contributed by atoms with Gasteiger partial charge in [-0.15, -0.1) is 0 Å². The first-order valence-electron chi connectivity index (χ1n) is 7.72. The Morgan fingerprint density at radius 1 is 1.24 bits per heavy atom. The molecule has 2 amide bonds. The van der Waals surface area contributed by atoms with Crippen molar-refractivity contribution in [1.29, 1.82) is 0 Å². The monoisotopic (exact) mass is 355 g/mol. The molecule has 3 aromatic rings. The van der Waals surface area contributed by atoms with Gasteiger partial charge in [-0.1, -0.05) is 12.1 Å². The van der Waals surface area contributed by atoms with Gasteiger partial charge in [0, 0.05) is 29.6 Å². The standard InChI is InChI=1S/C17H17N5O2S/c23-16(4-6-19-17(24)14-5-7-25-10-14)21-15-3-1-2-13(8-15)9-22-12-18-11-20-22/h1-3,5,7-8,10-12H,4,6,9H2,(H,19,24)(H,21,23). The molecule has 0 aliphatic rings. The maximum Gasteiger partial charge on any atom is 0.252 e. The van der Waals surface area contributed by atoms with Gasteiger partial charge in [0.25, 0.3) is 5.91 Å². The molecule has 1 aromatic carbocycles. The van der Waals surface area contributed by atoms with E-state index < -0.39 is 0 Å². The third-order valence-electron chi connectivity index (χ3n) is 3.44. The van der Waals surface area contributed by atoms with E-state index in [0.29, 0.717) is 24.3 Å². The Kier molecular flexibility index (Phi) is 5.53. The molecule has 2 heterocycles. The number of nitrogens with one attached hydrogen (secondary N) is 2. The van der Waals surface area contributed by atoms with Gasteiger partial charge in [-0.2, -0.15) is 16.4 Å². The molecule has 8 heteroatoms. The molecule has 0 spiro atoms. The van der Waals surface area contributed by atoms with Crippen LogP contribution < -0.4 is 10.6 Å². The number of aromatic nitrogens is 3. The second-order valence-electron chi connectivity index (χ2n) is 5.36. The van der Waals surface area contributed by atoms with Gasteiger partial charge in [0.05, 0.1) is 6.54 Å². The molecule has 3 rings (SSSR count). The lowest BCUT2D eigenvalue weighted by Gasteiger charge is -2.08. The van der Waals surface area contributed by atoms with E-state index in [0.717, 1.165) is 5.56 Å². The second-order valence-corrected chi connectivity index (χ2v) is 6.14. The van der Waals surface area contributed by atoms with Crippen LogP contribution in [0, 0.1) is 0 Å². The van der Waals surface area contributed by atoms with Crippen molar-refractivity contribution >= 4 is 28.8 Å². The largest absolute Gasteiger partial charge is 0.351 e. The quantitative estimate of drug-likeness (QED) is 0.680. The number of nitrogens with zero attached hydrogens (tertiary/aromatic N) is 3. The second kappa shape index (κ2) is 8.20. The van der Waals surface area contributed by atoms with Crippen molar-refractivity contribution in [3.8, 4) is 0 Å². The summed E-state index contributed by atoms with van der Waals surface area (Å²) < 4.78 is 1.71. The van der Waals surface area contributed by atoms with E-state index in [-0.39, 0.29) is 18.2 Å². The first-order chi connectivity index (χ1) is 12.2. The summed E-state index contributed by atoms with van der Waals surface area (Å²) in [7, 11) is 0. The summed E-state index contributed by atoms with van der Waals surface area (Å²) in [5.74, 6) is -0.313. The Balaban J connectivity index is 1.47. The van der Waals surface area contributed by atoms with Crippen LogP contribution in [0.15, 0.2) is 53.7 Å². The van der Waals surface area contributed by atoms with Crippen molar-refractivity contribution in [1.82, 2.24) is 20.1 Å². The zero-order valence-electron chi connectivity index (χ0n) is 13.4. The van der Waals surface area contributed by atoms with Crippen molar-refractivity contribution < 1.29 is 9.59 Å². The van der Waals surface area contributed by atoms with Gasteiger partial charge in [0.2, 0.25) is 5.91 Å². The fraction of sp³-hybridized carbons (Fsp3) is 0.176. The Hall–Kier alpha value is -3.00. The number of rotatable bonds is 7. The first kappa shape index (κ1) is 16.8. The highest BCUT2D eigenvalue weighted by Gasteiger charge is 2.07. The topological polar surface area (TPSA) is 88.9 Å². The van der Waals surface area contributed by atoms with E-state index in [1.165, 1.54) is 17.7 Å². The molecule has 25 heavy (non-hydrogen) atoms. The number of anilines is 1. The third kappa shape index (κ3) is 4.98. The van der Waals surface area contributed by atoms with Crippen molar-refractivity contribution in [2.24, 2.45) is 0 Å². The van der Waals surface area contributed by atoms with Crippen molar-refractivity contribution in [2.45, 2.75) is 13.0 Å². The first-order valence-corrected chi connectivity index (χ1v) is 8.66. The van der Waals surface area contributed by atoms with Gasteiger partial charge in [0.15, 0.2) is 0 Å². The Bertz CT molecular complexity index is 831. The van der Waals surface area contributed by atoms with Gasteiger partial charge in [-0.25, -0.2) is 9.67 Å². The van der Waals surface area contributed by atoms with Crippen LogP contribution in [0.25, 0.3) is 0 Å². The minimum absolute atomic E-state index is 0.150. The van der Waals surface area contributed by atoms with Gasteiger partial charge >= 0.3 is 0 Å². The van der Waals surface area contributed by atoms with Crippen molar-refractivity contribution in [3.63, 3.8) is 0 Å². The lowest BCUT2D eigenvalue weighted by molar-refractivity contribution is -0.116. The highest BCUT2D eigenvalue weighted by atomic mass is 32.1. The minimum atomic E-state index is -0.163. The van der Waals surface area contributed by atoms with E-state index in [2.05, 4.69) is 20.7 Å². The number of benzene rings is 1. The molecule has 0 saturated carbocycles. The molecule has 128 valence electrons. The maximum absolute atomic E-state index is 12.0. The van der Waals surface area contributed by atoms with Gasteiger partial charge < -0.3 is 10.6 Å². The zero-order valence-corrected chi connectivity index (χ0v) is 14.2. The van der Waals surface area contributed by atoms with Crippen LogP contribution in [0.4, 0.5) is 5.69 Å². The Morgan fingerprint density at radius 3 is 2.92 bits per heavy atom. The highest BCUT2D eigenvalue weighted by Crippen LogP contribution is 2.12. The fourth-order valence-corrected chi connectivity index (χ4v) is 2.89. The number of thiophene rings is 1. The SMILES string of the molecule is O=C(CCNC(=O)c1ccsc1)Nc1cccc(Cn2cncn2)c1. The van der Waals surface area contributed by atoms with Crippen LogP contribution in [0.1, 0.15) is 22.3 Å². The van der Waals surface area contributed by atoms with Gasteiger partial charge in [-0.05, 0) is 29.1 Å². The molecule has 2 N–H and O–H groups in total. The zero-order chi connectivity index (χ0) is 17.5. The average Bonchev–Trinajstić information content (AvgIpc) is 3.28. The highest BCUT2D eigenvalue weighted by molar-refractivity contribution is 7.08. The summed E-state index contributed by atoms with van der Waals surface area (Å²) >= 11 is 1.46. The molecule has 7 nitrogen and oxygen atoms in total. The number of hydrogen-bond acceptors (Lipinski definition) is 5.